The summed E-state index contributed by atoms with van der Waals surface area (Å²) in [6.45, 7) is 1.87. The number of carbonyl (C=O) groups is 1. The van der Waals surface area contributed by atoms with E-state index in [2.05, 4.69) is 0 Å². The van der Waals surface area contributed by atoms with Crippen LogP contribution in [0.25, 0.3) is 6.08 Å². The Hall–Kier alpha value is -2.20. The predicted octanol–water partition coefficient (Wildman–Crippen LogP) is 4.39. The van der Waals surface area contributed by atoms with Crippen LogP contribution in [0.4, 0.5) is 11.4 Å². The van der Waals surface area contributed by atoms with Crippen LogP contribution in [0.2, 0.25) is 0 Å². The van der Waals surface area contributed by atoms with E-state index >= 15 is 0 Å². The molecule has 1 N–H and O–H groups in total. The minimum absolute atomic E-state index is 0.0543. The summed E-state index contributed by atoms with van der Waals surface area (Å²) in [4.78, 5) is 26.1. The minimum atomic E-state index is -0.463. The lowest BCUT2D eigenvalue weighted by Crippen LogP contribution is -2.27. The van der Waals surface area contributed by atoms with Gasteiger partial charge in [-0.2, -0.15) is 0 Å². The summed E-state index contributed by atoms with van der Waals surface area (Å²) in [7, 11) is 0. The number of amides is 1. The number of aliphatic hydroxyl groups excluding tert-OH is 1. The molecule has 2 aromatic rings. The summed E-state index contributed by atoms with van der Waals surface area (Å²) in [6, 6.07) is 12.3. The minimum Gasteiger partial charge on any atom is -0.396 e. The van der Waals surface area contributed by atoms with Crippen molar-refractivity contribution in [1.82, 2.24) is 0 Å². The highest BCUT2D eigenvalue weighted by Crippen LogP contribution is 2.37. The Labute approximate surface area is 175 Å². The van der Waals surface area contributed by atoms with Crippen LogP contribution in [-0.2, 0) is 4.79 Å². The first kappa shape index (κ1) is 20.5. The van der Waals surface area contributed by atoms with Gasteiger partial charge in [-0.3, -0.25) is 19.8 Å². The van der Waals surface area contributed by atoms with E-state index < -0.39 is 4.92 Å². The number of aryl methyl sites for hydroxylation is 1. The summed E-state index contributed by atoms with van der Waals surface area (Å²) in [5.74, 6) is 0.122. The molecule has 2 aromatic carbocycles. The zero-order valence-corrected chi connectivity index (χ0v) is 17.3. The van der Waals surface area contributed by atoms with Crippen molar-refractivity contribution in [1.29, 1.82) is 0 Å². The summed E-state index contributed by atoms with van der Waals surface area (Å²) in [5, 5.41) is 20.3. The molecular formula is C19H16N2O4S3. The highest BCUT2D eigenvalue weighted by atomic mass is 32.2. The molecule has 3 rings (SSSR count). The number of aliphatic hydroxyl groups is 1. The van der Waals surface area contributed by atoms with Crippen LogP contribution < -0.4 is 4.90 Å². The summed E-state index contributed by atoms with van der Waals surface area (Å²) in [5.41, 5.74) is 2.21. The van der Waals surface area contributed by atoms with Gasteiger partial charge in [-0.05, 0) is 42.3 Å². The van der Waals surface area contributed by atoms with Gasteiger partial charge in [0.2, 0.25) is 0 Å². The Kier molecular flexibility index (Phi) is 6.50. The summed E-state index contributed by atoms with van der Waals surface area (Å²) in [6.07, 6.45) is 1.61. The Balaban J connectivity index is 1.91. The highest BCUT2D eigenvalue weighted by molar-refractivity contribution is 8.27. The molecule has 9 heteroatoms. The number of benzene rings is 2. The molecular weight excluding hydrogens is 416 g/mol. The van der Waals surface area contributed by atoms with Crippen molar-refractivity contribution in [2.24, 2.45) is 0 Å². The second-order valence-corrected chi connectivity index (χ2v) is 8.72. The first-order valence-electron chi connectivity index (χ1n) is 8.27. The predicted molar refractivity (Wildman–Crippen MR) is 118 cm³/mol. The van der Waals surface area contributed by atoms with Crippen molar-refractivity contribution in [3.8, 4) is 0 Å². The number of nitro benzene ring substituents is 1. The molecule has 0 aromatic heterocycles. The van der Waals surface area contributed by atoms with Gasteiger partial charge in [-0.25, -0.2) is 0 Å². The van der Waals surface area contributed by atoms with E-state index in [1.165, 1.54) is 34.5 Å². The fourth-order valence-electron chi connectivity index (χ4n) is 2.65. The molecule has 0 bridgehead atoms. The van der Waals surface area contributed by atoms with Gasteiger partial charge in [0.05, 0.1) is 27.0 Å². The summed E-state index contributed by atoms with van der Waals surface area (Å²) >= 11 is 7.75. The molecule has 0 aliphatic carbocycles. The second-order valence-electron chi connectivity index (χ2n) is 5.91. The topological polar surface area (TPSA) is 83.7 Å². The van der Waals surface area contributed by atoms with Gasteiger partial charge in [-0.1, -0.05) is 42.2 Å². The zero-order valence-electron chi connectivity index (χ0n) is 14.8. The lowest BCUT2D eigenvalue weighted by molar-refractivity contribution is -0.387. The van der Waals surface area contributed by atoms with E-state index in [0.29, 0.717) is 31.1 Å². The number of hydrogen-bond donors (Lipinski definition) is 1. The number of thioether (sulfide) groups is 2. The van der Waals surface area contributed by atoms with Crippen LogP contribution in [0.15, 0.2) is 52.3 Å². The number of anilines is 1. The molecule has 144 valence electrons. The molecule has 0 atom stereocenters. The van der Waals surface area contributed by atoms with Crippen LogP contribution in [0.5, 0.6) is 0 Å². The normalized spacial score (nSPS) is 15.5. The third-order valence-corrected chi connectivity index (χ3v) is 6.22. The van der Waals surface area contributed by atoms with E-state index in [1.807, 2.05) is 31.2 Å². The smallest absolute Gasteiger partial charge is 0.283 e. The van der Waals surface area contributed by atoms with E-state index in [9.17, 15) is 14.9 Å². The van der Waals surface area contributed by atoms with E-state index in [4.69, 9.17) is 17.3 Å². The largest absolute Gasteiger partial charge is 0.396 e. The zero-order chi connectivity index (χ0) is 20.3. The maximum Gasteiger partial charge on any atom is 0.283 e. The molecule has 6 nitrogen and oxygen atoms in total. The molecule has 1 aliphatic rings. The molecule has 1 saturated heterocycles. The highest BCUT2D eigenvalue weighted by Gasteiger charge is 2.33. The lowest BCUT2D eigenvalue weighted by Gasteiger charge is -2.14. The van der Waals surface area contributed by atoms with Crippen LogP contribution in [-0.4, -0.2) is 32.6 Å². The van der Waals surface area contributed by atoms with Crippen molar-refractivity contribution in [3.63, 3.8) is 0 Å². The standard InChI is InChI=1S/C19H16N2O4S3/c1-12-3-2-4-14(9-12)20-18(23)17(28-19(20)26)11-13-5-6-16(27-8-7-22)15(10-13)21(24)25/h2-6,9-11,22H,7-8H2,1H3/b17-11+. The molecule has 1 heterocycles. The second kappa shape index (κ2) is 8.87. The van der Waals surface area contributed by atoms with Crippen molar-refractivity contribution in [2.45, 2.75) is 11.8 Å². The molecule has 1 amide bonds. The lowest BCUT2D eigenvalue weighted by atomic mass is 10.1. The van der Waals surface area contributed by atoms with Gasteiger partial charge in [-0.15, -0.1) is 11.8 Å². The Bertz CT molecular complexity index is 991. The third kappa shape index (κ3) is 4.44. The van der Waals surface area contributed by atoms with Gasteiger partial charge >= 0.3 is 0 Å². The Morgan fingerprint density at radius 1 is 1.32 bits per heavy atom. The van der Waals surface area contributed by atoms with Crippen LogP contribution in [0, 0.1) is 17.0 Å². The number of nitrogens with zero attached hydrogens (tertiary/aromatic N) is 2. The molecule has 0 spiro atoms. The monoisotopic (exact) mass is 432 g/mol. The van der Waals surface area contributed by atoms with Gasteiger partial charge in [0.15, 0.2) is 4.32 Å². The van der Waals surface area contributed by atoms with Crippen molar-refractivity contribution in [2.75, 3.05) is 17.3 Å². The first-order chi connectivity index (χ1) is 13.4. The quantitative estimate of drug-likeness (QED) is 0.238. The van der Waals surface area contributed by atoms with Gasteiger partial charge in [0.1, 0.15) is 0 Å². The molecule has 0 unspecified atom stereocenters. The van der Waals surface area contributed by atoms with Crippen molar-refractivity contribution in [3.05, 3.63) is 68.6 Å². The maximum atomic E-state index is 12.8. The molecule has 0 saturated carbocycles. The molecule has 0 radical (unpaired) electrons. The maximum absolute atomic E-state index is 12.8. The number of thiocarbonyl (C=S) groups is 1. The number of hydrogen-bond acceptors (Lipinski definition) is 7. The average molecular weight is 433 g/mol. The number of nitro groups is 1. The Morgan fingerprint density at radius 2 is 2.11 bits per heavy atom. The van der Waals surface area contributed by atoms with E-state index in [-0.39, 0.29) is 18.2 Å². The van der Waals surface area contributed by atoms with Gasteiger partial charge in [0.25, 0.3) is 11.6 Å². The number of rotatable bonds is 6. The fourth-order valence-corrected chi connectivity index (χ4v) is 4.71. The molecule has 28 heavy (non-hydrogen) atoms. The first-order valence-corrected chi connectivity index (χ1v) is 10.5. The molecule has 1 aliphatic heterocycles. The SMILES string of the molecule is Cc1cccc(N2C(=O)/C(=C\c3ccc(SCCO)c([N+](=O)[O-])c3)SC2=S)c1. The van der Waals surface area contributed by atoms with Crippen molar-refractivity contribution < 1.29 is 14.8 Å². The van der Waals surface area contributed by atoms with E-state index in [1.54, 1.807) is 18.2 Å². The van der Waals surface area contributed by atoms with Crippen LogP contribution >= 0.6 is 35.7 Å². The van der Waals surface area contributed by atoms with Crippen LogP contribution in [0.3, 0.4) is 0 Å². The average Bonchev–Trinajstić information content (AvgIpc) is 2.93. The molecule has 1 fully saturated rings. The summed E-state index contributed by atoms with van der Waals surface area (Å²) < 4.78 is 0.423. The number of carbonyl (C=O) groups excluding carboxylic acids is 1. The fraction of sp³-hybridized carbons (Fsp3) is 0.158. The van der Waals surface area contributed by atoms with Gasteiger partial charge in [0, 0.05) is 11.8 Å². The third-order valence-electron chi connectivity index (χ3n) is 3.88. The van der Waals surface area contributed by atoms with Crippen molar-refractivity contribution >= 4 is 63.4 Å². The van der Waals surface area contributed by atoms with E-state index in [0.717, 1.165) is 5.56 Å². The van der Waals surface area contributed by atoms with Gasteiger partial charge < -0.3 is 5.11 Å². The Morgan fingerprint density at radius 3 is 2.79 bits per heavy atom. The van der Waals surface area contributed by atoms with Crippen LogP contribution in [0.1, 0.15) is 11.1 Å².